The topological polar surface area (TPSA) is 66.6 Å². The predicted octanol–water partition coefficient (Wildman–Crippen LogP) is 3.16. The largest absolute Gasteiger partial charge is 0.385 e. The Morgan fingerprint density at radius 3 is 2.52 bits per heavy atom. The number of piperidine rings is 1. The highest BCUT2D eigenvalue weighted by Crippen LogP contribution is 2.31. The van der Waals surface area contributed by atoms with Crippen molar-refractivity contribution in [3.63, 3.8) is 0 Å². The van der Waals surface area contributed by atoms with E-state index >= 15 is 0 Å². The summed E-state index contributed by atoms with van der Waals surface area (Å²) < 4.78 is 18.3. The van der Waals surface area contributed by atoms with E-state index in [0.717, 1.165) is 19.3 Å². The third-order valence-corrected chi connectivity index (χ3v) is 4.07. The SMILES string of the molecule is C[C@H](O)c1onc(-c2ccc(F)cc2)c1C(=O)N1CCCCC1. The fraction of sp³-hybridized carbons (Fsp3) is 0.412. The lowest BCUT2D eigenvalue weighted by atomic mass is 10.0. The second-order valence-electron chi connectivity index (χ2n) is 5.81. The molecule has 1 aromatic carbocycles. The molecule has 0 bridgehead atoms. The first-order chi connectivity index (χ1) is 11.1. The normalized spacial score (nSPS) is 16.4. The van der Waals surface area contributed by atoms with E-state index < -0.39 is 6.10 Å². The summed E-state index contributed by atoms with van der Waals surface area (Å²) in [6.07, 6.45) is 2.10. The van der Waals surface area contributed by atoms with E-state index in [1.54, 1.807) is 17.0 Å². The summed E-state index contributed by atoms with van der Waals surface area (Å²) in [5, 5.41) is 13.8. The van der Waals surface area contributed by atoms with Crippen LogP contribution >= 0.6 is 0 Å². The number of amides is 1. The molecule has 1 fully saturated rings. The molecule has 2 aromatic rings. The van der Waals surface area contributed by atoms with Crippen molar-refractivity contribution in [1.29, 1.82) is 0 Å². The molecule has 1 atom stereocenters. The number of hydrogen-bond donors (Lipinski definition) is 1. The monoisotopic (exact) mass is 318 g/mol. The van der Waals surface area contributed by atoms with Crippen LogP contribution in [0.3, 0.4) is 0 Å². The van der Waals surface area contributed by atoms with E-state index in [4.69, 9.17) is 4.52 Å². The van der Waals surface area contributed by atoms with Crippen LogP contribution in [-0.2, 0) is 0 Å². The van der Waals surface area contributed by atoms with Crippen LogP contribution in [0.15, 0.2) is 28.8 Å². The third-order valence-electron chi connectivity index (χ3n) is 4.07. The lowest BCUT2D eigenvalue weighted by molar-refractivity contribution is 0.0713. The van der Waals surface area contributed by atoms with E-state index in [2.05, 4.69) is 5.16 Å². The number of rotatable bonds is 3. The second-order valence-corrected chi connectivity index (χ2v) is 5.81. The minimum atomic E-state index is -0.944. The quantitative estimate of drug-likeness (QED) is 0.944. The van der Waals surface area contributed by atoms with E-state index in [-0.39, 0.29) is 23.0 Å². The average molecular weight is 318 g/mol. The first-order valence-corrected chi connectivity index (χ1v) is 7.81. The number of aliphatic hydroxyl groups is 1. The van der Waals surface area contributed by atoms with Crippen LogP contribution in [0.2, 0.25) is 0 Å². The van der Waals surface area contributed by atoms with Crippen molar-refractivity contribution in [2.75, 3.05) is 13.1 Å². The second kappa shape index (κ2) is 6.50. The number of aromatic nitrogens is 1. The molecule has 1 saturated heterocycles. The maximum absolute atomic E-state index is 13.1. The Bertz CT molecular complexity index is 688. The van der Waals surface area contributed by atoms with Crippen LogP contribution in [0.5, 0.6) is 0 Å². The summed E-state index contributed by atoms with van der Waals surface area (Å²) >= 11 is 0. The van der Waals surface area contributed by atoms with E-state index in [1.165, 1.54) is 19.1 Å². The minimum absolute atomic E-state index is 0.153. The van der Waals surface area contributed by atoms with Gasteiger partial charge in [0.25, 0.3) is 5.91 Å². The van der Waals surface area contributed by atoms with E-state index in [0.29, 0.717) is 24.3 Å². The zero-order valence-electron chi connectivity index (χ0n) is 13.0. The molecule has 1 aliphatic heterocycles. The van der Waals surface area contributed by atoms with Gasteiger partial charge in [-0.1, -0.05) is 5.16 Å². The standard InChI is InChI=1S/C17H19FN2O3/c1-11(21)16-14(17(22)20-9-3-2-4-10-20)15(19-23-16)12-5-7-13(18)8-6-12/h5-8,11,21H,2-4,9-10H2,1H3/t11-/m0/s1. The maximum atomic E-state index is 13.1. The number of likely N-dealkylation sites (tertiary alicyclic amines) is 1. The Morgan fingerprint density at radius 2 is 1.91 bits per heavy atom. The maximum Gasteiger partial charge on any atom is 0.259 e. The Labute approximate surface area is 133 Å². The molecule has 1 amide bonds. The molecule has 1 aromatic heterocycles. The first kappa shape index (κ1) is 15.7. The number of benzene rings is 1. The van der Waals surface area contributed by atoms with Crippen LogP contribution < -0.4 is 0 Å². The lowest BCUT2D eigenvalue weighted by Crippen LogP contribution is -2.36. The van der Waals surface area contributed by atoms with Crippen LogP contribution in [0, 0.1) is 5.82 Å². The molecule has 3 rings (SSSR count). The molecule has 5 nitrogen and oxygen atoms in total. The van der Waals surface area contributed by atoms with E-state index in [1.807, 2.05) is 0 Å². The van der Waals surface area contributed by atoms with Crippen molar-refractivity contribution in [3.8, 4) is 11.3 Å². The van der Waals surface area contributed by atoms with Gasteiger partial charge in [-0.3, -0.25) is 4.79 Å². The first-order valence-electron chi connectivity index (χ1n) is 7.81. The molecular weight excluding hydrogens is 299 g/mol. The van der Waals surface area contributed by atoms with Crippen molar-refractivity contribution in [2.45, 2.75) is 32.3 Å². The van der Waals surface area contributed by atoms with Crippen LogP contribution in [0.25, 0.3) is 11.3 Å². The highest BCUT2D eigenvalue weighted by Gasteiger charge is 2.30. The molecule has 122 valence electrons. The minimum Gasteiger partial charge on any atom is -0.385 e. The van der Waals surface area contributed by atoms with Crippen LogP contribution in [0.1, 0.15) is 48.4 Å². The van der Waals surface area contributed by atoms with Gasteiger partial charge in [0.1, 0.15) is 23.2 Å². The summed E-state index contributed by atoms with van der Waals surface area (Å²) in [6, 6.07) is 5.71. The molecule has 0 spiro atoms. The van der Waals surface area contributed by atoms with Gasteiger partial charge in [-0.25, -0.2) is 4.39 Å². The fourth-order valence-corrected chi connectivity index (χ4v) is 2.85. The van der Waals surface area contributed by atoms with Crippen molar-refractivity contribution >= 4 is 5.91 Å². The van der Waals surface area contributed by atoms with Crippen LogP contribution in [0.4, 0.5) is 4.39 Å². The Balaban J connectivity index is 2.03. The number of carbonyl (C=O) groups excluding carboxylic acids is 1. The van der Waals surface area contributed by atoms with Crippen molar-refractivity contribution in [2.24, 2.45) is 0 Å². The Hall–Kier alpha value is -2.21. The number of carbonyl (C=O) groups is 1. The fourth-order valence-electron chi connectivity index (χ4n) is 2.85. The van der Waals surface area contributed by atoms with Gasteiger partial charge in [0.05, 0.1) is 0 Å². The number of nitrogens with zero attached hydrogens (tertiary/aromatic N) is 2. The average Bonchev–Trinajstić information content (AvgIpc) is 3.01. The number of aliphatic hydroxyl groups excluding tert-OH is 1. The van der Waals surface area contributed by atoms with Gasteiger partial charge in [-0.05, 0) is 50.5 Å². The molecule has 0 unspecified atom stereocenters. The molecule has 23 heavy (non-hydrogen) atoms. The summed E-state index contributed by atoms with van der Waals surface area (Å²) in [7, 11) is 0. The lowest BCUT2D eigenvalue weighted by Gasteiger charge is -2.26. The molecule has 1 aliphatic rings. The van der Waals surface area contributed by atoms with Crippen molar-refractivity contribution in [3.05, 3.63) is 41.4 Å². The molecule has 6 heteroatoms. The summed E-state index contributed by atoms with van der Waals surface area (Å²) in [5.74, 6) is -0.405. The number of hydrogen-bond acceptors (Lipinski definition) is 4. The highest BCUT2D eigenvalue weighted by atomic mass is 19.1. The van der Waals surface area contributed by atoms with Gasteiger partial charge < -0.3 is 14.5 Å². The molecule has 0 radical (unpaired) electrons. The van der Waals surface area contributed by atoms with Crippen LogP contribution in [-0.4, -0.2) is 34.2 Å². The summed E-state index contributed by atoms with van der Waals surface area (Å²) in [6.45, 7) is 2.90. The molecule has 0 aliphatic carbocycles. The summed E-state index contributed by atoms with van der Waals surface area (Å²) in [5.41, 5.74) is 1.20. The van der Waals surface area contributed by atoms with E-state index in [9.17, 15) is 14.3 Å². The van der Waals surface area contributed by atoms with Gasteiger partial charge >= 0.3 is 0 Å². The Kier molecular flexibility index (Phi) is 4.43. The molecule has 2 heterocycles. The molecule has 0 saturated carbocycles. The van der Waals surface area contributed by atoms with Crippen molar-refractivity contribution in [1.82, 2.24) is 10.1 Å². The smallest absolute Gasteiger partial charge is 0.259 e. The zero-order valence-corrected chi connectivity index (χ0v) is 13.0. The molecular formula is C17H19FN2O3. The third kappa shape index (κ3) is 3.12. The Morgan fingerprint density at radius 1 is 1.26 bits per heavy atom. The summed E-state index contributed by atoms with van der Waals surface area (Å²) in [4.78, 5) is 14.6. The van der Waals surface area contributed by atoms with Crippen molar-refractivity contribution < 1.29 is 18.8 Å². The van der Waals surface area contributed by atoms with Gasteiger partial charge in [-0.2, -0.15) is 0 Å². The van der Waals surface area contributed by atoms with Gasteiger partial charge in [0.2, 0.25) is 0 Å². The molecule has 1 N–H and O–H groups in total. The highest BCUT2D eigenvalue weighted by molar-refractivity contribution is 6.01. The predicted molar refractivity (Wildman–Crippen MR) is 82.3 cm³/mol. The van der Waals surface area contributed by atoms with Gasteiger partial charge in [0, 0.05) is 18.7 Å². The number of halogens is 1. The zero-order chi connectivity index (χ0) is 16.4. The van der Waals surface area contributed by atoms with Gasteiger partial charge in [0.15, 0.2) is 5.76 Å². The van der Waals surface area contributed by atoms with Gasteiger partial charge in [-0.15, -0.1) is 0 Å².